The van der Waals surface area contributed by atoms with Gasteiger partial charge in [0.1, 0.15) is 12.6 Å². The van der Waals surface area contributed by atoms with E-state index in [9.17, 15) is 9.59 Å². The van der Waals surface area contributed by atoms with Crippen LogP contribution in [0.15, 0.2) is 0 Å². The molecule has 0 aromatic carbocycles. The molecule has 0 bridgehead atoms. The summed E-state index contributed by atoms with van der Waals surface area (Å²) in [6, 6.07) is -0.553. The maximum absolute atomic E-state index is 11.1. The fraction of sp³-hybridized carbons (Fsp3) is 0.714. The van der Waals surface area contributed by atoms with Gasteiger partial charge in [-0.1, -0.05) is 0 Å². The van der Waals surface area contributed by atoms with Gasteiger partial charge in [0.25, 0.3) is 5.91 Å². The van der Waals surface area contributed by atoms with Crippen molar-refractivity contribution in [2.45, 2.75) is 18.9 Å². The van der Waals surface area contributed by atoms with E-state index in [1.807, 2.05) is 0 Å². The lowest BCUT2D eigenvalue weighted by Gasteiger charge is -2.06. The molecule has 13 heavy (non-hydrogen) atoms. The van der Waals surface area contributed by atoms with Crippen LogP contribution in [0.4, 0.5) is 0 Å². The monoisotopic (exact) mass is 206 g/mol. The van der Waals surface area contributed by atoms with Crippen LogP contribution in [-0.4, -0.2) is 30.3 Å². The van der Waals surface area contributed by atoms with Gasteiger partial charge in [-0.25, -0.2) is 5.48 Å². The summed E-state index contributed by atoms with van der Waals surface area (Å²) in [6.07, 6.45) is 0.954. The van der Waals surface area contributed by atoms with E-state index >= 15 is 0 Å². The van der Waals surface area contributed by atoms with Crippen LogP contribution in [0.2, 0.25) is 0 Å². The summed E-state index contributed by atoms with van der Waals surface area (Å²) in [5, 5.41) is 2.53. The normalized spacial score (nSPS) is 21.3. The fourth-order valence-electron chi connectivity index (χ4n) is 0.944. The fourth-order valence-corrected chi connectivity index (χ4v) is 1.08. The van der Waals surface area contributed by atoms with Gasteiger partial charge in [0.05, 0.1) is 0 Å². The van der Waals surface area contributed by atoms with Gasteiger partial charge in [-0.2, -0.15) is 0 Å². The second kappa shape index (κ2) is 5.04. The molecule has 5 nitrogen and oxygen atoms in total. The van der Waals surface area contributed by atoms with E-state index in [2.05, 4.69) is 15.6 Å². The van der Waals surface area contributed by atoms with Crippen LogP contribution in [0.5, 0.6) is 0 Å². The van der Waals surface area contributed by atoms with Gasteiger partial charge in [-0.05, 0) is 6.42 Å². The van der Waals surface area contributed by atoms with Crippen LogP contribution in [0.3, 0.4) is 0 Å². The average Bonchev–Trinajstić information content (AvgIpc) is 2.48. The molecule has 0 aromatic heterocycles. The standard InChI is InChI=1S/C7H11ClN2O3/c8-3-1-2-6(11)9-5-4-13-10-7(5)12/h5H,1-4H2,(H,9,11)(H,10,12)/t5-/m1/s1. The molecule has 1 fully saturated rings. The highest BCUT2D eigenvalue weighted by Gasteiger charge is 2.26. The second-order valence-electron chi connectivity index (χ2n) is 2.69. The molecule has 0 aromatic rings. The Balaban J connectivity index is 2.23. The van der Waals surface area contributed by atoms with Crippen LogP contribution in [0.25, 0.3) is 0 Å². The number of rotatable bonds is 4. The van der Waals surface area contributed by atoms with E-state index in [0.717, 1.165) is 0 Å². The van der Waals surface area contributed by atoms with E-state index in [1.165, 1.54) is 0 Å². The summed E-state index contributed by atoms with van der Waals surface area (Å²) in [5.41, 5.74) is 2.15. The lowest BCUT2D eigenvalue weighted by Crippen LogP contribution is -2.41. The lowest BCUT2D eigenvalue weighted by atomic mass is 10.2. The molecule has 0 radical (unpaired) electrons. The summed E-state index contributed by atoms with van der Waals surface area (Å²) in [7, 11) is 0. The quantitative estimate of drug-likeness (QED) is 0.613. The van der Waals surface area contributed by atoms with E-state index in [1.54, 1.807) is 0 Å². The largest absolute Gasteiger partial charge is 0.342 e. The minimum Gasteiger partial charge on any atom is -0.342 e. The number of carbonyl (C=O) groups is 2. The van der Waals surface area contributed by atoms with E-state index < -0.39 is 6.04 Å². The van der Waals surface area contributed by atoms with Crippen molar-refractivity contribution >= 4 is 23.4 Å². The van der Waals surface area contributed by atoms with Gasteiger partial charge in [-0.3, -0.25) is 14.4 Å². The Labute approximate surface area is 80.7 Å². The zero-order chi connectivity index (χ0) is 9.68. The number of amides is 2. The van der Waals surface area contributed by atoms with Gasteiger partial charge >= 0.3 is 0 Å². The molecule has 6 heteroatoms. The lowest BCUT2D eigenvalue weighted by molar-refractivity contribution is -0.128. The summed E-state index contributed by atoms with van der Waals surface area (Å²) in [6.45, 7) is 0.186. The number of halogens is 1. The van der Waals surface area contributed by atoms with Crippen molar-refractivity contribution in [3.8, 4) is 0 Å². The molecular formula is C7H11ClN2O3. The number of hydroxylamine groups is 1. The average molecular weight is 207 g/mol. The topological polar surface area (TPSA) is 67.4 Å². The minimum absolute atomic E-state index is 0.175. The van der Waals surface area contributed by atoms with Crippen LogP contribution >= 0.6 is 11.6 Å². The maximum Gasteiger partial charge on any atom is 0.268 e. The highest BCUT2D eigenvalue weighted by atomic mass is 35.5. The van der Waals surface area contributed by atoms with Crippen molar-refractivity contribution in [3.05, 3.63) is 0 Å². The molecule has 0 saturated carbocycles. The molecule has 0 aliphatic carbocycles. The molecule has 74 valence electrons. The van der Waals surface area contributed by atoms with E-state index in [-0.39, 0.29) is 18.4 Å². The van der Waals surface area contributed by atoms with Gasteiger partial charge in [-0.15, -0.1) is 11.6 Å². The number of hydrogen-bond donors (Lipinski definition) is 2. The van der Waals surface area contributed by atoms with Crippen molar-refractivity contribution in [1.82, 2.24) is 10.8 Å². The summed E-state index contributed by atoms with van der Waals surface area (Å²) in [4.78, 5) is 26.6. The number of carbonyl (C=O) groups excluding carboxylic acids is 2. The third-order valence-electron chi connectivity index (χ3n) is 1.61. The van der Waals surface area contributed by atoms with E-state index in [0.29, 0.717) is 18.7 Å². The molecule has 1 aliphatic rings. The Morgan fingerprint density at radius 1 is 1.77 bits per heavy atom. The predicted octanol–water partition coefficient (Wildman–Crippen LogP) is -0.448. The molecule has 1 heterocycles. The number of nitrogens with one attached hydrogen (secondary N) is 2. The van der Waals surface area contributed by atoms with Crippen LogP contribution < -0.4 is 10.8 Å². The van der Waals surface area contributed by atoms with Gasteiger partial charge in [0, 0.05) is 12.3 Å². The molecular weight excluding hydrogens is 196 g/mol. The molecule has 1 rings (SSSR count). The Bertz CT molecular complexity index is 210. The molecule has 2 amide bonds. The number of hydrogen-bond acceptors (Lipinski definition) is 3. The van der Waals surface area contributed by atoms with Crippen molar-refractivity contribution in [1.29, 1.82) is 0 Å². The van der Waals surface area contributed by atoms with Crippen molar-refractivity contribution in [2.75, 3.05) is 12.5 Å². The van der Waals surface area contributed by atoms with Crippen LogP contribution in [-0.2, 0) is 14.4 Å². The first-order chi connectivity index (χ1) is 6.24. The number of alkyl halides is 1. The van der Waals surface area contributed by atoms with Crippen molar-refractivity contribution in [2.24, 2.45) is 0 Å². The van der Waals surface area contributed by atoms with E-state index in [4.69, 9.17) is 11.6 Å². The first kappa shape index (κ1) is 10.3. The molecule has 1 saturated heterocycles. The zero-order valence-electron chi connectivity index (χ0n) is 7.01. The second-order valence-corrected chi connectivity index (χ2v) is 3.07. The summed E-state index contributed by atoms with van der Waals surface area (Å²) in [5.74, 6) is -0.0358. The molecule has 2 N–H and O–H groups in total. The molecule has 0 unspecified atom stereocenters. The third kappa shape index (κ3) is 3.20. The maximum atomic E-state index is 11.1. The zero-order valence-corrected chi connectivity index (χ0v) is 7.76. The van der Waals surface area contributed by atoms with Gasteiger partial charge in [0.15, 0.2) is 0 Å². The minimum atomic E-state index is -0.553. The summed E-state index contributed by atoms with van der Waals surface area (Å²) < 4.78 is 0. The molecule has 0 spiro atoms. The first-order valence-electron chi connectivity index (χ1n) is 4.01. The molecule has 1 aliphatic heterocycles. The van der Waals surface area contributed by atoms with Crippen molar-refractivity contribution in [3.63, 3.8) is 0 Å². The summed E-state index contributed by atoms with van der Waals surface area (Å²) >= 11 is 5.41. The van der Waals surface area contributed by atoms with Gasteiger partial charge in [0.2, 0.25) is 5.91 Å². The Kier molecular flexibility index (Phi) is 3.98. The highest BCUT2D eigenvalue weighted by molar-refractivity contribution is 6.17. The highest BCUT2D eigenvalue weighted by Crippen LogP contribution is 1.97. The SMILES string of the molecule is O=C(CCCCl)N[C@@H]1CONC1=O. The smallest absolute Gasteiger partial charge is 0.268 e. The first-order valence-corrected chi connectivity index (χ1v) is 4.54. The van der Waals surface area contributed by atoms with Crippen LogP contribution in [0.1, 0.15) is 12.8 Å². The Hall–Kier alpha value is -0.810. The predicted molar refractivity (Wildman–Crippen MR) is 46.0 cm³/mol. The molecule has 1 atom stereocenters. The Morgan fingerprint density at radius 2 is 2.54 bits per heavy atom. The van der Waals surface area contributed by atoms with Crippen molar-refractivity contribution < 1.29 is 14.4 Å². The van der Waals surface area contributed by atoms with Crippen LogP contribution in [0, 0.1) is 0 Å². The Morgan fingerprint density at radius 3 is 3.08 bits per heavy atom. The third-order valence-corrected chi connectivity index (χ3v) is 1.88. The van der Waals surface area contributed by atoms with Gasteiger partial charge < -0.3 is 5.32 Å².